The molecular weight excluding hydrogens is 235 g/mol. The summed E-state index contributed by atoms with van der Waals surface area (Å²) in [6.45, 7) is 3.85. The van der Waals surface area contributed by atoms with Crippen molar-refractivity contribution < 1.29 is 13.9 Å². The number of nitrogen functional groups attached to an aromatic ring is 1. The monoisotopic (exact) mass is 256 g/mol. The number of ether oxygens (including phenoxy) is 2. The molecule has 0 heterocycles. The molecule has 3 N–H and O–H groups in total. The second-order valence-electron chi connectivity index (χ2n) is 3.99. The first-order valence-corrected chi connectivity index (χ1v) is 6.13. The van der Waals surface area contributed by atoms with Crippen LogP contribution in [-0.2, 0) is 4.74 Å². The predicted octanol–water partition coefficient (Wildman–Crippen LogP) is 2.65. The summed E-state index contributed by atoms with van der Waals surface area (Å²) in [7, 11) is 1.66. The summed E-state index contributed by atoms with van der Waals surface area (Å²) in [6, 6.07) is 2.89. The summed E-state index contributed by atoms with van der Waals surface area (Å²) in [6.07, 6.45) is 1.69. The summed E-state index contributed by atoms with van der Waals surface area (Å²) in [5.74, 6) is -0.191. The molecule has 0 fully saturated rings. The molecule has 0 aliphatic rings. The van der Waals surface area contributed by atoms with Crippen molar-refractivity contribution in [2.45, 2.75) is 19.8 Å². The normalized spacial score (nSPS) is 10.4. The smallest absolute Gasteiger partial charge is 0.167 e. The molecule has 0 saturated carbocycles. The minimum Gasteiger partial charge on any atom is -0.490 e. The van der Waals surface area contributed by atoms with Crippen LogP contribution in [0.2, 0.25) is 0 Å². The highest BCUT2D eigenvalue weighted by atomic mass is 19.1. The van der Waals surface area contributed by atoms with Crippen LogP contribution in [0.3, 0.4) is 0 Å². The van der Waals surface area contributed by atoms with Crippen LogP contribution in [0.4, 0.5) is 15.8 Å². The minimum atomic E-state index is -0.427. The number of hydrogen-bond acceptors (Lipinski definition) is 4. The average molecular weight is 256 g/mol. The molecule has 0 saturated heterocycles. The van der Waals surface area contributed by atoms with E-state index >= 15 is 0 Å². The van der Waals surface area contributed by atoms with Crippen molar-refractivity contribution >= 4 is 11.4 Å². The Morgan fingerprint density at radius 3 is 2.78 bits per heavy atom. The van der Waals surface area contributed by atoms with Crippen LogP contribution in [0.1, 0.15) is 19.8 Å². The Morgan fingerprint density at radius 1 is 1.33 bits per heavy atom. The fraction of sp³-hybridized carbons (Fsp3) is 0.538. The van der Waals surface area contributed by atoms with Gasteiger partial charge in [-0.15, -0.1) is 0 Å². The van der Waals surface area contributed by atoms with E-state index in [2.05, 4.69) is 5.32 Å². The van der Waals surface area contributed by atoms with Gasteiger partial charge in [-0.25, -0.2) is 4.39 Å². The van der Waals surface area contributed by atoms with Crippen molar-refractivity contribution in [3.63, 3.8) is 0 Å². The fourth-order valence-electron chi connectivity index (χ4n) is 1.48. The van der Waals surface area contributed by atoms with Gasteiger partial charge in [-0.3, -0.25) is 0 Å². The summed E-state index contributed by atoms with van der Waals surface area (Å²) >= 11 is 0. The van der Waals surface area contributed by atoms with Crippen molar-refractivity contribution in [1.82, 2.24) is 0 Å². The van der Waals surface area contributed by atoms with Gasteiger partial charge in [0.05, 0.1) is 18.0 Å². The zero-order valence-electron chi connectivity index (χ0n) is 11.0. The second-order valence-corrected chi connectivity index (χ2v) is 3.99. The first-order chi connectivity index (χ1) is 8.69. The van der Waals surface area contributed by atoms with E-state index in [4.69, 9.17) is 15.2 Å². The Labute approximate surface area is 107 Å². The molecular formula is C13H21FN2O2. The third-order valence-corrected chi connectivity index (χ3v) is 2.41. The third-order valence-electron chi connectivity index (χ3n) is 2.41. The van der Waals surface area contributed by atoms with Crippen LogP contribution in [0, 0.1) is 5.82 Å². The molecule has 0 aliphatic carbocycles. The Hall–Kier alpha value is -1.49. The summed E-state index contributed by atoms with van der Waals surface area (Å²) in [5, 5.41) is 3.14. The molecule has 1 rings (SSSR count). The highest BCUT2D eigenvalue weighted by Gasteiger charge is 2.08. The van der Waals surface area contributed by atoms with E-state index in [1.165, 1.54) is 6.07 Å². The van der Waals surface area contributed by atoms with E-state index in [9.17, 15) is 4.39 Å². The Bertz CT molecular complexity index is 372. The number of hydrogen-bond donors (Lipinski definition) is 2. The molecule has 1 aromatic rings. The van der Waals surface area contributed by atoms with Crippen molar-refractivity contribution in [3.05, 3.63) is 17.9 Å². The molecule has 0 bridgehead atoms. The number of nitrogens with two attached hydrogens (primary N) is 1. The summed E-state index contributed by atoms with van der Waals surface area (Å²) < 4.78 is 23.8. The third kappa shape index (κ3) is 4.41. The van der Waals surface area contributed by atoms with Crippen LogP contribution >= 0.6 is 0 Å². The Morgan fingerprint density at radius 2 is 2.11 bits per heavy atom. The van der Waals surface area contributed by atoms with Crippen LogP contribution in [0.25, 0.3) is 0 Å². The van der Waals surface area contributed by atoms with Crippen LogP contribution < -0.4 is 15.8 Å². The first-order valence-electron chi connectivity index (χ1n) is 6.13. The van der Waals surface area contributed by atoms with Crippen LogP contribution in [-0.4, -0.2) is 26.9 Å². The molecule has 18 heavy (non-hydrogen) atoms. The molecule has 102 valence electrons. The lowest BCUT2D eigenvalue weighted by Gasteiger charge is -2.12. The maximum Gasteiger partial charge on any atom is 0.167 e. The lowest BCUT2D eigenvalue weighted by atomic mass is 10.2. The lowest BCUT2D eigenvalue weighted by molar-refractivity contribution is 0.198. The van der Waals surface area contributed by atoms with Gasteiger partial charge in [0.2, 0.25) is 0 Å². The maximum absolute atomic E-state index is 13.5. The van der Waals surface area contributed by atoms with Crippen molar-refractivity contribution in [2.75, 3.05) is 37.9 Å². The molecule has 5 heteroatoms. The fourth-order valence-corrected chi connectivity index (χ4v) is 1.48. The Kier molecular flexibility index (Phi) is 6.28. The first kappa shape index (κ1) is 14.6. The van der Waals surface area contributed by atoms with Crippen LogP contribution in [0.15, 0.2) is 12.1 Å². The largest absolute Gasteiger partial charge is 0.490 e. The molecule has 0 atom stereocenters. The predicted molar refractivity (Wildman–Crippen MR) is 71.6 cm³/mol. The lowest BCUT2D eigenvalue weighted by Crippen LogP contribution is -2.08. The zero-order valence-corrected chi connectivity index (χ0v) is 11.0. The number of methoxy groups -OCH3 is 1. The number of nitrogens with one attached hydrogen (secondary N) is 1. The Balaban J connectivity index is 2.65. The van der Waals surface area contributed by atoms with Gasteiger partial charge in [-0.2, -0.15) is 0 Å². The van der Waals surface area contributed by atoms with E-state index < -0.39 is 5.82 Å². The van der Waals surface area contributed by atoms with Crippen molar-refractivity contribution in [3.8, 4) is 5.75 Å². The van der Waals surface area contributed by atoms with E-state index in [1.807, 2.05) is 6.92 Å². The van der Waals surface area contributed by atoms with Crippen molar-refractivity contribution in [2.24, 2.45) is 0 Å². The van der Waals surface area contributed by atoms with Gasteiger partial charge >= 0.3 is 0 Å². The van der Waals surface area contributed by atoms with Gasteiger partial charge < -0.3 is 20.5 Å². The standard InChI is InChI=1S/C13H21FN2O2/c1-3-6-18-13-9-12(11(15)8-10(13)14)16-5-4-7-17-2/h8-9,16H,3-7,15H2,1-2H3. The molecule has 0 unspecified atom stereocenters. The van der Waals surface area contributed by atoms with Gasteiger partial charge in [0.15, 0.2) is 11.6 Å². The number of anilines is 2. The maximum atomic E-state index is 13.5. The topological polar surface area (TPSA) is 56.5 Å². The molecule has 0 aliphatic heterocycles. The number of benzene rings is 1. The molecule has 0 aromatic heterocycles. The number of rotatable bonds is 8. The van der Waals surface area contributed by atoms with Gasteiger partial charge in [0.1, 0.15) is 0 Å². The molecule has 0 spiro atoms. The molecule has 1 aromatic carbocycles. The average Bonchev–Trinajstić information content (AvgIpc) is 2.35. The molecule has 4 nitrogen and oxygen atoms in total. The molecule has 0 radical (unpaired) electrons. The van der Waals surface area contributed by atoms with Gasteiger partial charge in [0.25, 0.3) is 0 Å². The second kappa shape index (κ2) is 7.76. The summed E-state index contributed by atoms with van der Waals surface area (Å²) in [5.41, 5.74) is 6.82. The van der Waals surface area contributed by atoms with E-state index in [-0.39, 0.29) is 5.75 Å². The van der Waals surface area contributed by atoms with E-state index in [1.54, 1.807) is 13.2 Å². The number of halogens is 1. The van der Waals surface area contributed by atoms with E-state index in [0.29, 0.717) is 24.6 Å². The SMILES string of the molecule is CCCOc1cc(NCCCOC)c(N)cc1F. The molecule has 0 amide bonds. The highest BCUT2D eigenvalue weighted by molar-refractivity contribution is 5.68. The van der Waals surface area contributed by atoms with E-state index in [0.717, 1.165) is 19.4 Å². The van der Waals surface area contributed by atoms with Gasteiger partial charge in [-0.1, -0.05) is 6.92 Å². The zero-order chi connectivity index (χ0) is 13.4. The van der Waals surface area contributed by atoms with Gasteiger partial charge in [-0.05, 0) is 12.8 Å². The minimum absolute atomic E-state index is 0.236. The van der Waals surface area contributed by atoms with Gasteiger partial charge in [0, 0.05) is 32.4 Å². The van der Waals surface area contributed by atoms with Crippen LogP contribution in [0.5, 0.6) is 5.75 Å². The van der Waals surface area contributed by atoms with Crippen molar-refractivity contribution in [1.29, 1.82) is 0 Å². The summed E-state index contributed by atoms with van der Waals surface area (Å²) in [4.78, 5) is 0. The quantitative estimate of drug-likeness (QED) is 0.554. The highest BCUT2D eigenvalue weighted by Crippen LogP contribution is 2.28.